The van der Waals surface area contributed by atoms with Gasteiger partial charge in [-0.2, -0.15) is 0 Å². The van der Waals surface area contributed by atoms with Gasteiger partial charge < -0.3 is 5.11 Å². The van der Waals surface area contributed by atoms with Gasteiger partial charge in [-0.15, -0.1) is 11.3 Å². The van der Waals surface area contributed by atoms with Gasteiger partial charge in [0.15, 0.2) is 0 Å². The molecule has 76 valence electrons. The van der Waals surface area contributed by atoms with Crippen LogP contribution in [0.25, 0.3) is 0 Å². The molecule has 1 aromatic rings. The quantitative estimate of drug-likeness (QED) is 0.829. The van der Waals surface area contributed by atoms with Crippen LogP contribution in [0.15, 0.2) is 17.5 Å². The molecule has 5 heteroatoms. The Kier molecular flexibility index (Phi) is 3.24. The van der Waals surface area contributed by atoms with Crippen LogP contribution in [0.1, 0.15) is 13.8 Å². The van der Waals surface area contributed by atoms with Gasteiger partial charge in [0.05, 0.1) is 5.00 Å². The van der Waals surface area contributed by atoms with E-state index in [0.29, 0.717) is 5.00 Å². The fourth-order valence-electron chi connectivity index (χ4n) is 1.14. The van der Waals surface area contributed by atoms with Crippen molar-refractivity contribution in [3.63, 3.8) is 0 Å². The van der Waals surface area contributed by atoms with Crippen LogP contribution < -0.4 is 4.90 Å². The number of hydrogen-bond donors (Lipinski definition) is 1. The zero-order chi connectivity index (χ0) is 10.7. The molecule has 0 bridgehead atoms. The van der Waals surface area contributed by atoms with E-state index in [2.05, 4.69) is 0 Å². The first kappa shape index (κ1) is 10.7. The summed E-state index contributed by atoms with van der Waals surface area (Å²) in [6.07, 6.45) is 0. The molecule has 0 aromatic carbocycles. The molecular formula is C9H11NO3S. The van der Waals surface area contributed by atoms with E-state index in [1.165, 1.54) is 30.1 Å². The monoisotopic (exact) mass is 213 g/mol. The molecule has 1 aromatic heterocycles. The van der Waals surface area contributed by atoms with Gasteiger partial charge in [0, 0.05) is 6.92 Å². The number of aliphatic carboxylic acids is 1. The van der Waals surface area contributed by atoms with Crippen LogP contribution in [0, 0.1) is 0 Å². The average molecular weight is 213 g/mol. The fraction of sp³-hybridized carbons (Fsp3) is 0.333. The number of carboxylic acids is 1. The van der Waals surface area contributed by atoms with Crippen molar-refractivity contribution in [2.75, 3.05) is 4.90 Å². The zero-order valence-corrected chi connectivity index (χ0v) is 8.75. The lowest BCUT2D eigenvalue weighted by molar-refractivity contribution is -0.139. The van der Waals surface area contributed by atoms with Gasteiger partial charge >= 0.3 is 5.97 Å². The van der Waals surface area contributed by atoms with Crippen molar-refractivity contribution in [2.45, 2.75) is 19.9 Å². The van der Waals surface area contributed by atoms with Crippen molar-refractivity contribution in [1.29, 1.82) is 0 Å². The Morgan fingerprint density at radius 1 is 1.57 bits per heavy atom. The largest absolute Gasteiger partial charge is 0.480 e. The summed E-state index contributed by atoms with van der Waals surface area (Å²) in [6, 6.07) is 2.68. The van der Waals surface area contributed by atoms with E-state index in [-0.39, 0.29) is 5.91 Å². The Morgan fingerprint density at radius 3 is 2.57 bits per heavy atom. The molecule has 0 aliphatic heterocycles. The molecule has 1 rings (SSSR count). The summed E-state index contributed by atoms with van der Waals surface area (Å²) in [5, 5.41) is 11.3. The highest BCUT2D eigenvalue weighted by Gasteiger charge is 2.24. The second kappa shape index (κ2) is 4.23. The maximum atomic E-state index is 11.3. The smallest absolute Gasteiger partial charge is 0.326 e. The van der Waals surface area contributed by atoms with Gasteiger partial charge in [-0.3, -0.25) is 9.69 Å². The first-order valence-electron chi connectivity index (χ1n) is 4.10. The van der Waals surface area contributed by atoms with Gasteiger partial charge in [0.2, 0.25) is 5.91 Å². The molecule has 0 saturated carbocycles. The predicted octanol–water partition coefficient (Wildman–Crippen LogP) is 1.57. The Hall–Kier alpha value is -1.36. The molecule has 0 radical (unpaired) electrons. The van der Waals surface area contributed by atoms with Gasteiger partial charge in [-0.05, 0) is 24.4 Å². The normalized spacial score (nSPS) is 12.1. The van der Waals surface area contributed by atoms with Crippen LogP contribution in [0.5, 0.6) is 0 Å². The summed E-state index contributed by atoms with van der Waals surface area (Å²) >= 11 is 1.35. The predicted molar refractivity (Wildman–Crippen MR) is 54.6 cm³/mol. The number of amides is 1. The third-order valence-electron chi connectivity index (χ3n) is 1.83. The third kappa shape index (κ3) is 2.11. The standard InChI is InChI=1S/C9H11NO3S/c1-6(9(12)13)10(7(2)11)8-4-3-5-14-8/h3-6H,1-2H3,(H,12,13). The van der Waals surface area contributed by atoms with Crippen molar-refractivity contribution >= 4 is 28.2 Å². The minimum absolute atomic E-state index is 0.262. The van der Waals surface area contributed by atoms with Crippen LogP contribution in [0.3, 0.4) is 0 Å². The summed E-state index contributed by atoms with van der Waals surface area (Å²) in [4.78, 5) is 23.3. The topological polar surface area (TPSA) is 57.6 Å². The van der Waals surface area contributed by atoms with Gasteiger partial charge in [-0.25, -0.2) is 4.79 Å². The van der Waals surface area contributed by atoms with E-state index in [1.807, 2.05) is 0 Å². The first-order chi connectivity index (χ1) is 6.54. The van der Waals surface area contributed by atoms with Crippen LogP contribution in [0.2, 0.25) is 0 Å². The van der Waals surface area contributed by atoms with E-state index >= 15 is 0 Å². The molecule has 1 unspecified atom stereocenters. The van der Waals surface area contributed by atoms with Crippen molar-refractivity contribution in [1.82, 2.24) is 0 Å². The number of carbonyl (C=O) groups excluding carboxylic acids is 1. The lowest BCUT2D eigenvalue weighted by Gasteiger charge is -2.23. The average Bonchev–Trinajstić information content (AvgIpc) is 2.56. The van der Waals surface area contributed by atoms with Crippen molar-refractivity contribution < 1.29 is 14.7 Å². The number of rotatable bonds is 3. The molecule has 1 atom stereocenters. The van der Waals surface area contributed by atoms with Crippen molar-refractivity contribution in [2.24, 2.45) is 0 Å². The molecule has 0 aliphatic carbocycles. The molecule has 14 heavy (non-hydrogen) atoms. The van der Waals surface area contributed by atoms with Crippen LogP contribution in [-0.4, -0.2) is 23.0 Å². The van der Waals surface area contributed by atoms with E-state index < -0.39 is 12.0 Å². The molecule has 0 fully saturated rings. The second-order valence-electron chi connectivity index (χ2n) is 2.85. The Bertz CT molecular complexity index is 334. The summed E-state index contributed by atoms with van der Waals surface area (Å²) in [5.74, 6) is -1.27. The fourth-order valence-corrected chi connectivity index (χ4v) is 1.99. The molecule has 0 spiro atoms. The number of nitrogens with zero attached hydrogens (tertiary/aromatic N) is 1. The lowest BCUT2D eigenvalue weighted by Crippen LogP contribution is -2.41. The van der Waals surface area contributed by atoms with Gasteiger partial charge in [0.25, 0.3) is 0 Å². The third-order valence-corrected chi connectivity index (χ3v) is 2.70. The maximum Gasteiger partial charge on any atom is 0.326 e. The molecule has 1 N–H and O–H groups in total. The number of anilines is 1. The zero-order valence-electron chi connectivity index (χ0n) is 7.93. The summed E-state index contributed by atoms with van der Waals surface area (Å²) < 4.78 is 0. The summed E-state index contributed by atoms with van der Waals surface area (Å²) in [5.41, 5.74) is 0. The first-order valence-corrected chi connectivity index (χ1v) is 4.98. The maximum absolute atomic E-state index is 11.3. The van der Waals surface area contributed by atoms with Gasteiger partial charge in [-0.1, -0.05) is 0 Å². The minimum atomic E-state index is -1.01. The van der Waals surface area contributed by atoms with Gasteiger partial charge in [0.1, 0.15) is 6.04 Å². The van der Waals surface area contributed by atoms with Crippen LogP contribution >= 0.6 is 11.3 Å². The Morgan fingerprint density at radius 2 is 2.21 bits per heavy atom. The van der Waals surface area contributed by atoms with E-state index in [9.17, 15) is 9.59 Å². The number of carbonyl (C=O) groups is 2. The Labute approximate surface area is 85.8 Å². The molecule has 1 heterocycles. The lowest BCUT2D eigenvalue weighted by atomic mass is 10.3. The molecular weight excluding hydrogens is 202 g/mol. The van der Waals surface area contributed by atoms with E-state index in [4.69, 9.17) is 5.11 Å². The van der Waals surface area contributed by atoms with E-state index in [1.54, 1.807) is 17.5 Å². The highest BCUT2D eigenvalue weighted by molar-refractivity contribution is 7.14. The van der Waals surface area contributed by atoms with E-state index in [0.717, 1.165) is 0 Å². The molecule has 0 saturated heterocycles. The van der Waals surface area contributed by atoms with Crippen molar-refractivity contribution in [3.8, 4) is 0 Å². The molecule has 1 amide bonds. The van der Waals surface area contributed by atoms with Crippen molar-refractivity contribution in [3.05, 3.63) is 17.5 Å². The van der Waals surface area contributed by atoms with Crippen LogP contribution in [-0.2, 0) is 9.59 Å². The molecule has 4 nitrogen and oxygen atoms in total. The highest BCUT2D eigenvalue weighted by Crippen LogP contribution is 2.23. The summed E-state index contributed by atoms with van der Waals surface area (Å²) in [6.45, 7) is 2.85. The molecule has 0 aliphatic rings. The highest BCUT2D eigenvalue weighted by atomic mass is 32.1. The number of hydrogen-bond acceptors (Lipinski definition) is 3. The summed E-state index contributed by atoms with van der Waals surface area (Å²) in [7, 11) is 0. The Balaban J connectivity index is 2.97. The number of carboxylic acid groups (broad SMARTS) is 1. The SMILES string of the molecule is CC(=O)N(c1cccs1)C(C)C(=O)O. The minimum Gasteiger partial charge on any atom is -0.480 e. The second-order valence-corrected chi connectivity index (χ2v) is 3.78. The number of thiophene rings is 1. The van der Waals surface area contributed by atoms with Crippen LogP contribution in [0.4, 0.5) is 5.00 Å².